The summed E-state index contributed by atoms with van der Waals surface area (Å²) in [5.41, 5.74) is 11.6. The maximum absolute atomic E-state index is 12.0. The van der Waals surface area contributed by atoms with Crippen LogP contribution in [-0.2, 0) is 9.59 Å². The summed E-state index contributed by atoms with van der Waals surface area (Å²) in [6.07, 6.45) is 0.665. The number of carbonyl (C=O) groups excluding carboxylic acids is 2. The Morgan fingerprint density at radius 3 is 2.76 bits per heavy atom. The Kier molecular flexibility index (Phi) is 4.39. The first-order valence-electron chi connectivity index (χ1n) is 6.67. The minimum absolute atomic E-state index is 0.183. The Labute approximate surface area is 128 Å². The molecule has 114 valence electrons. The maximum Gasteiger partial charge on any atom is 0.238 e. The normalized spacial score (nSPS) is 22.2. The lowest BCUT2D eigenvalue weighted by Gasteiger charge is -2.20. The number of nitrogens with two attached hydrogens (primary N) is 2. The van der Waals surface area contributed by atoms with E-state index < -0.39 is 5.41 Å². The predicted molar refractivity (Wildman–Crippen MR) is 82.9 cm³/mol. The van der Waals surface area contributed by atoms with Gasteiger partial charge in [0.25, 0.3) is 0 Å². The van der Waals surface area contributed by atoms with E-state index in [4.69, 9.17) is 23.1 Å². The molecule has 1 saturated heterocycles. The molecule has 1 aliphatic rings. The molecule has 1 atom stereocenters. The van der Waals surface area contributed by atoms with E-state index in [2.05, 4.69) is 5.32 Å². The van der Waals surface area contributed by atoms with Gasteiger partial charge in [-0.15, -0.1) is 0 Å². The van der Waals surface area contributed by atoms with Crippen molar-refractivity contribution in [2.45, 2.75) is 13.3 Å². The lowest BCUT2D eigenvalue weighted by molar-refractivity contribution is -0.126. The second-order valence-electron chi connectivity index (χ2n) is 5.67. The highest BCUT2D eigenvalue weighted by molar-refractivity contribution is 6.31. The van der Waals surface area contributed by atoms with Crippen LogP contribution in [-0.4, -0.2) is 36.3 Å². The predicted octanol–water partition coefficient (Wildman–Crippen LogP) is 1.06. The van der Waals surface area contributed by atoms with Crippen LogP contribution in [0.25, 0.3) is 0 Å². The van der Waals surface area contributed by atoms with E-state index in [0.29, 0.717) is 35.9 Å². The number of amides is 2. The highest BCUT2D eigenvalue weighted by atomic mass is 35.5. The summed E-state index contributed by atoms with van der Waals surface area (Å²) in [5, 5.41) is 3.26. The average molecular weight is 311 g/mol. The number of anilines is 2. The largest absolute Gasteiger partial charge is 0.397 e. The molecule has 0 aromatic heterocycles. The second-order valence-corrected chi connectivity index (χ2v) is 6.10. The molecule has 5 N–H and O–H groups in total. The lowest BCUT2D eigenvalue weighted by Crippen LogP contribution is -2.39. The summed E-state index contributed by atoms with van der Waals surface area (Å²) >= 11 is 5.81. The zero-order valence-corrected chi connectivity index (χ0v) is 12.6. The van der Waals surface area contributed by atoms with Crippen molar-refractivity contribution in [3.05, 3.63) is 23.2 Å². The molecule has 1 aliphatic heterocycles. The minimum Gasteiger partial charge on any atom is -0.397 e. The molecule has 6 nitrogen and oxygen atoms in total. The standard InChI is InChI=1S/C14H19ClN4O2/c1-14(13(17)21)4-5-19(8-14)7-12(20)18-11-3-2-9(15)6-10(11)16/h2-3,6H,4-5,7-8,16H2,1H3,(H2,17,21)(H,18,20). The number of nitrogens with one attached hydrogen (secondary N) is 1. The molecule has 0 aliphatic carbocycles. The molecule has 0 bridgehead atoms. The lowest BCUT2D eigenvalue weighted by atomic mass is 9.89. The summed E-state index contributed by atoms with van der Waals surface area (Å²) in [6.45, 7) is 3.18. The van der Waals surface area contributed by atoms with Crippen LogP contribution < -0.4 is 16.8 Å². The van der Waals surface area contributed by atoms with Crippen LogP contribution in [0.15, 0.2) is 18.2 Å². The van der Waals surface area contributed by atoms with Crippen LogP contribution in [0.3, 0.4) is 0 Å². The molecule has 21 heavy (non-hydrogen) atoms. The van der Waals surface area contributed by atoms with Crippen molar-refractivity contribution in [3.8, 4) is 0 Å². The number of hydrogen-bond acceptors (Lipinski definition) is 4. The van der Waals surface area contributed by atoms with E-state index in [0.717, 1.165) is 0 Å². The number of halogens is 1. The monoisotopic (exact) mass is 310 g/mol. The molecule has 0 spiro atoms. The zero-order chi connectivity index (χ0) is 15.6. The van der Waals surface area contributed by atoms with Gasteiger partial charge in [-0.25, -0.2) is 0 Å². The van der Waals surface area contributed by atoms with E-state index in [9.17, 15) is 9.59 Å². The number of benzene rings is 1. The second kappa shape index (κ2) is 5.91. The SMILES string of the molecule is CC1(C(N)=O)CCN(CC(=O)Nc2ccc(Cl)cc2N)C1. The summed E-state index contributed by atoms with van der Waals surface area (Å²) in [5.74, 6) is -0.509. The molecule has 1 aromatic carbocycles. The van der Waals surface area contributed by atoms with E-state index in [-0.39, 0.29) is 18.4 Å². The van der Waals surface area contributed by atoms with E-state index in [1.165, 1.54) is 0 Å². The zero-order valence-electron chi connectivity index (χ0n) is 11.9. The van der Waals surface area contributed by atoms with Crippen molar-refractivity contribution in [3.63, 3.8) is 0 Å². The van der Waals surface area contributed by atoms with Gasteiger partial charge in [-0.3, -0.25) is 14.5 Å². The summed E-state index contributed by atoms with van der Waals surface area (Å²) in [7, 11) is 0. The maximum atomic E-state index is 12.0. The summed E-state index contributed by atoms with van der Waals surface area (Å²) < 4.78 is 0. The van der Waals surface area contributed by atoms with E-state index in [1.807, 2.05) is 11.8 Å². The first-order valence-corrected chi connectivity index (χ1v) is 7.05. The quantitative estimate of drug-likeness (QED) is 0.724. The number of nitrogen functional groups attached to an aromatic ring is 1. The first kappa shape index (κ1) is 15.6. The minimum atomic E-state index is -0.556. The van der Waals surface area contributed by atoms with Crippen molar-refractivity contribution in [1.29, 1.82) is 0 Å². The molecule has 2 rings (SSSR count). The van der Waals surface area contributed by atoms with Crippen LogP contribution in [0.5, 0.6) is 0 Å². The third-order valence-corrected chi connectivity index (χ3v) is 4.04. The smallest absolute Gasteiger partial charge is 0.238 e. The van der Waals surface area contributed by atoms with Gasteiger partial charge < -0.3 is 16.8 Å². The Morgan fingerprint density at radius 2 is 2.19 bits per heavy atom. The van der Waals surface area contributed by atoms with Crippen LogP contribution in [0.2, 0.25) is 5.02 Å². The van der Waals surface area contributed by atoms with Gasteiger partial charge in [-0.05, 0) is 38.1 Å². The Balaban J connectivity index is 1.93. The van der Waals surface area contributed by atoms with Gasteiger partial charge in [0, 0.05) is 11.6 Å². The fourth-order valence-electron chi connectivity index (χ4n) is 2.43. The van der Waals surface area contributed by atoms with Gasteiger partial charge >= 0.3 is 0 Å². The highest BCUT2D eigenvalue weighted by Gasteiger charge is 2.39. The number of nitrogens with zero attached hydrogens (tertiary/aromatic N) is 1. The van der Waals surface area contributed by atoms with Gasteiger partial charge in [0.2, 0.25) is 11.8 Å². The van der Waals surface area contributed by atoms with Crippen molar-refractivity contribution in [1.82, 2.24) is 4.90 Å². The molecule has 7 heteroatoms. The molecule has 1 fully saturated rings. The van der Waals surface area contributed by atoms with Crippen molar-refractivity contribution in [2.75, 3.05) is 30.7 Å². The number of likely N-dealkylation sites (tertiary alicyclic amines) is 1. The van der Waals surface area contributed by atoms with Gasteiger partial charge in [-0.1, -0.05) is 11.6 Å². The highest BCUT2D eigenvalue weighted by Crippen LogP contribution is 2.29. The molecular formula is C14H19ClN4O2. The van der Waals surface area contributed by atoms with Crippen LogP contribution in [0.4, 0.5) is 11.4 Å². The first-order chi connectivity index (χ1) is 9.80. The molecular weight excluding hydrogens is 292 g/mol. The van der Waals surface area contributed by atoms with E-state index >= 15 is 0 Å². The van der Waals surface area contributed by atoms with Crippen LogP contribution in [0.1, 0.15) is 13.3 Å². The number of rotatable bonds is 4. The Bertz CT molecular complexity index is 578. The van der Waals surface area contributed by atoms with Gasteiger partial charge in [0.1, 0.15) is 0 Å². The average Bonchev–Trinajstić information content (AvgIpc) is 2.76. The molecule has 0 radical (unpaired) electrons. The van der Waals surface area contributed by atoms with Crippen molar-refractivity contribution < 1.29 is 9.59 Å². The van der Waals surface area contributed by atoms with Crippen molar-refractivity contribution in [2.24, 2.45) is 11.1 Å². The van der Waals surface area contributed by atoms with Crippen LogP contribution in [0, 0.1) is 5.41 Å². The van der Waals surface area contributed by atoms with E-state index in [1.54, 1.807) is 18.2 Å². The van der Waals surface area contributed by atoms with Gasteiger partial charge in [0.15, 0.2) is 0 Å². The van der Waals surface area contributed by atoms with Crippen LogP contribution >= 0.6 is 11.6 Å². The van der Waals surface area contributed by atoms with Gasteiger partial charge in [-0.2, -0.15) is 0 Å². The molecule has 0 saturated carbocycles. The molecule has 1 aromatic rings. The summed E-state index contributed by atoms with van der Waals surface area (Å²) in [4.78, 5) is 25.3. The Hall–Kier alpha value is -1.79. The summed E-state index contributed by atoms with van der Waals surface area (Å²) in [6, 6.07) is 4.90. The Morgan fingerprint density at radius 1 is 1.48 bits per heavy atom. The fraction of sp³-hybridized carbons (Fsp3) is 0.429. The fourth-order valence-corrected chi connectivity index (χ4v) is 2.61. The van der Waals surface area contributed by atoms with Gasteiger partial charge in [0.05, 0.1) is 23.3 Å². The number of hydrogen-bond donors (Lipinski definition) is 3. The van der Waals surface area contributed by atoms with Crippen molar-refractivity contribution >= 4 is 34.8 Å². The molecule has 1 heterocycles. The number of primary amides is 1. The molecule has 1 unspecified atom stereocenters. The topological polar surface area (TPSA) is 101 Å². The molecule has 2 amide bonds. The third kappa shape index (κ3) is 3.65. The third-order valence-electron chi connectivity index (χ3n) is 3.80. The number of carbonyl (C=O) groups is 2.